The highest BCUT2D eigenvalue weighted by molar-refractivity contribution is 5.64. The quantitative estimate of drug-likeness (QED) is 0.666. The number of benzene rings is 2. The van der Waals surface area contributed by atoms with Gasteiger partial charge in [0.15, 0.2) is 0 Å². The molecular formula is C24H30N4. The molecule has 2 aromatic carbocycles. The van der Waals surface area contributed by atoms with Crippen LogP contribution in [0.15, 0.2) is 54.7 Å². The lowest BCUT2D eigenvalue weighted by Gasteiger charge is -2.20. The average Bonchev–Trinajstić information content (AvgIpc) is 3.30. The van der Waals surface area contributed by atoms with Crippen LogP contribution in [-0.2, 0) is 6.54 Å². The summed E-state index contributed by atoms with van der Waals surface area (Å²) in [4.78, 5) is 4.90. The molecule has 28 heavy (non-hydrogen) atoms. The van der Waals surface area contributed by atoms with Crippen LogP contribution in [0.4, 0.5) is 0 Å². The topological polar surface area (TPSA) is 24.3 Å². The van der Waals surface area contributed by atoms with E-state index < -0.39 is 0 Å². The van der Waals surface area contributed by atoms with Gasteiger partial charge >= 0.3 is 0 Å². The summed E-state index contributed by atoms with van der Waals surface area (Å²) in [5, 5.41) is 5.00. The number of nitrogens with zero attached hydrogens (tertiary/aromatic N) is 4. The first-order valence-electron chi connectivity index (χ1n) is 10.1. The van der Waals surface area contributed by atoms with Gasteiger partial charge in [0.2, 0.25) is 0 Å². The van der Waals surface area contributed by atoms with Gasteiger partial charge in [-0.15, -0.1) is 0 Å². The van der Waals surface area contributed by atoms with Crippen molar-refractivity contribution in [1.82, 2.24) is 19.6 Å². The first kappa shape index (κ1) is 18.9. The Kier molecular flexibility index (Phi) is 5.33. The molecule has 1 atom stereocenters. The van der Waals surface area contributed by atoms with Gasteiger partial charge in [-0.05, 0) is 52.6 Å². The maximum absolute atomic E-state index is 5.00. The van der Waals surface area contributed by atoms with Crippen molar-refractivity contribution < 1.29 is 0 Å². The lowest BCUT2D eigenvalue weighted by atomic mass is 10.1. The molecule has 0 radical (unpaired) electrons. The van der Waals surface area contributed by atoms with Crippen molar-refractivity contribution in [2.24, 2.45) is 0 Å². The molecule has 0 amide bonds. The molecule has 146 valence electrons. The average molecular weight is 375 g/mol. The SMILES string of the molecule is Cc1ccc(-n2cc(CN3CC[C@H](N(C)C)C3)c(-c3cccc(C)c3)n2)cc1. The fourth-order valence-electron chi connectivity index (χ4n) is 4.01. The van der Waals surface area contributed by atoms with Gasteiger partial charge in [0.25, 0.3) is 0 Å². The van der Waals surface area contributed by atoms with Crippen molar-refractivity contribution in [1.29, 1.82) is 0 Å². The largest absolute Gasteiger partial charge is 0.305 e. The molecule has 0 spiro atoms. The van der Waals surface area contributed by atoms with Crippen molar-refractivity contribution in [2.75, 3.05) is 27.2 Å². The number of rotatable bonds is 5. The highest BCUT2D eigenvalue weighted by Crippen LogP contribution is 2.27. The number of likely N-dealkylation sites (N-methyl/N-ethyl adjacent to an activating group) is 1. The number of hydrogen-bond acceptors (Lipinski definition) is 3. The standard InChI is InChI=1S/C24H30N4/c1-18-8-10-22(11-9-18)28-16-21(15-27-13-12-23(17-27)26(3)4)24(25-28)20-7-5-6-19(2)14-20/h5-11,14,16,23H,12-13,15,17H2,1-4H3/t23-/m0/s1. The second-order valence-corrected chi connectivity index (χ2v) is 8.29. The summed E-state index contributed by atoms with van der Waals surface area (Å²) in [5.41, 5.74) is 7.23. The number of aromatic nitrogens is 2. The first-order chi connectivity index (χ1) is 13.5. The van der Waals surface area contributed by atoms with Crippen LogP contribution in [-0.4, -0.2) is 52.8 Å². The zero-order valence-corrected chi connectivity index (χ0v) is 17.4. The first-order valence-corrected chi connectivity index (χ1v) is 10.1. The van der Waals surface area contributed by atoms with E-state index in [0.29, 0.717) is 6.04 Å². The van der Waals surface area contributed by atoms with Crippen LogP contribution in [0, 0.1) is 13.8 Å². The summed E-state index contributed by atoms with van der Waals surface area (Å²) in [7, 11) is 4.36. The molecule has 1 aliphatic heterocycles. The van der Waals surface area contributed by atoms with Gasteiger partial charge in [0, 0.05) is 43.0 Å². The van der Waals surface area contributed by atoms with Crippen LogP contribution in [0.25, 0.3) is 16.9 Å². The molecule has 2 heterocycles. The molecule has 4 heteroatoms. The summed E-state index contributed by atoms with van der Waals surface area (Å²) in [6, 6.07) is 17.9. The van der Waals surface area contributed by atoms with E-state index in [1.807, 2.05) is 4.68 Å². The number of hydrogen-bond donors (Lipinski definition) is 0. The number of aryl methyl sites for hydroxylation is 2. The second-order valence-electron chi connectivity index (χ2n) is 8.29. The molecule has 0 saturated carbocycles. The minimum atomic E-state index is 0.648. The van der Waals surface area contributed by atoms with Gasteiger partial charge < -0.3 is 4.90 Å². The predicted molar refractivity (Wildman–Crippen MR) is 116 cm³/mol. The summed E-state index contributed by atoms with van der Waals surface area (Å²) >= 11 is 0. The van der Waals surface area contributed by atoms with E-state index in [0.717, 1.165) is 31.0 Å². The summed E-state index contributed by atoms with van der Waals surface area (Å²) in [5.74, 6) is 0. The Labute approximate surface area is 168 Å². The van der Waals surface area contributed by atoms with E-state index in [2.05, 4.69) is 92.5 Å². The van der Waals surface area contributed by atoms with E-state index in [-0.39, 0.29) is 0 Å². The molecule has 1 saturated heterocycles. The molecule has 1 aromatic heterocycles. The molecule has 4 rings (SSSR count). The van der Waals surface area contributed by atoms with E-state index >= 15 is 0 Å². The monoisotopic (exact) mass is 374 g/mol. The van der Waals surface area contributed by atoms with Crippen molar-refractivity contribution in [2.45, 2.75) is 32.9 Å². The molecule has 3 aromatic rings. The normalized spacial score (nSPS) is 17.5. The van der Waals surface area contributed by atoms with E-state index in [9.17, 15) is 0 Å². The van der Waals surface area contributed by atoms with Crippen LogP contribution in [0.1, 0.15) is 23.1 Å². The fourth-order valence-corrected chi connectivity index (χ4v) is 4.01. The van der Waals surface area contributed by atoms with E-state index in [4.69, 9.17) is 5.10 Å². The van der Waals surface area contributed by atoms with Gasteiger partial charge in [-0.25, -0.2) is 4.68 Å². The molecule has 0 N–H and O–H groups in total. The predicted octanol–water partition coefficient (Wildman–Crippen LogP) is 4.29. The third kappa shape index (κ3) is 4.03. The van der Waals surface area contributed by atoms with Crippen molar-refractivity contribution in [3.8, 4) is 16.9 Å². The molecule has 1 aliphatic rings. The fraction of sp³-hybridized carbons (Fsp3) is 0.375. The van der Waals surface area contributed by atoms with Gasteiger partial charge in [-0.3, -0.25) is 4.90 Å². The van der Waals surface area contributed by atoms with Gasteiger partial charge in [0.1, 0.15) is 0 Å². The third-order valence-electron chi connectivity index (χ3n) is 5.75. The summed E-state index contributed by atoms with van der Waals surface area (Å²) in [6.45, 7) is 7.47. The molecule has 0 unspecified atom stereocenters. The molecule has 0 aliphatic carbocycles. The lowest BCUT2D eigenvalue weighted by molar-refractivity contribution is 0.265. The third-order valence-corrected chi connectivity index (χ3v) is 5.75. The Morgan fingerprint density at radius 2 is 1.82 bits per heavy atom. The summed E-state index contributed by atoms with van der Waals surface area (Å²) < 4.78 is 2.03. The van der Waals surface area contributed by atoms with Crippen LogP contribution in [0.3, 0.4) is 0 Å². The zero-order chi connectivity index (χ0) is 19.7. The Morgan fingerprint density at radius 3 is 2.50 bits per heavy atom. The minimum absolute atomic E-state index is 0.648. The van der Waals surface area contributed by atoms with Crippen molar-refractivity contribution in [3.63, 3.8) is 0 Å². The lowest BCUT2D eigenvalue weighted by Crippen LogP contribution is -2.31. The van der Waals surface area contributed by atoms with Crippen LogP contribution >= 0.6 is 0 Å². The van der Waals surface area contributed by atoms with E-state index in [1.165, 1.54) is 28.7 Å². The second kappa shape index (κ2) is 7.90. The Bertz CT molecular complexity index is 939. The molecule has 4 nitrogen and oxygen atoms in total. The minimum Gasteiger partial charge on any atom is -0.305 e. The summed E-state index contributed by atoms with van der Waals surface area (Å²) in [6.07, 6.45) is 3.45. The smallest absolute Gasteiger partial charge is 0.0972 e. The van der Waals surface area contributed by atoms with Gasteiger partial charge in [-0.2, -0.15) is 5.10 Å². The Balaban J connectivity index is 1.68. The van der Waals surface area contributed by atoms with Gasteiger partial charge in [0.05, 0.1) is 11.4 Å². The zero-order valence-electron chi connectivity index (χ0n) is 17.4. The molecule has 0 bridgehead atoms. The maximum Gasteiger partial charge on any atom is 0.0972 e. The van der Waals surface area contributed by atoms with E-state index in [1.54, 1.807) is 0 Å². The molecular weight excluding hydrogens is 344 g/mol. The number of likely N-dealkylation sites (tertiary alicyclic amines) is 1. The highest BCUT2D eigenvalue weighted by atomic mass is 15.3. The Morgan fingerprint density at radius 1 is 1.04 bits per heavy atom. The maximum atomic E-state index is 5.00. The Hall–Kier alpha value is -2.43. The van der Waals surface area contributed by atoms with Crippen molar-refractivity contribution >= 4 is 0 Å². The van der Waals surface area contributed by atoms with Gasteiger partial charge in [-0.1, -0.05) is 41.5 Å². The molecule has 1 fully saturated rings. The van der Waals surface area contributed by atoms with Crippen LogP contribution in [0.2, 0.25) is 0 Å². The highest BCUT2D eigenvalue weighted by Gasteiger charge is 2.25. The van der Waals surface area contributed by atoms with Crippen LogP contribution in [0.5, 0.6) is 0 Å². The van der Waals surface area contributed by atoms with Crippen molar-refractivity contribution in [3.05, 3.63) is 71.4 Å². The van der Waals surface area contributed by atoms with Crippen LogP contribution < -0.4 is 0 Å².